The Hall–Kier alpha value is -2.86. The lowest BCUT2D eigenvalue weighted by atomic mass is 9.96. The Morgan fingerprint density at radius 3 is 2.67 bits per heavy atom. The number of benzene rings is 2. The van der Waals surface area contributed by atoms with Gasteiger partial charge in [0.1, 0.15) is 17.3 Å². The summed E-state index contributed by atoms with van der Waals surface area (Å²) in [5.41, 5.74) is 0.346. The largest absolute Gasteiger partial charge is 0.512 e. The molecule has 24 heavy (non-hydrogen) atoms. The molecule has 0 spiro atoms. The fraction of sp³-hybridized carbons (Fsp3) is 0.222. The molecule has 0 saturated heterocycles. The van der Waals surface area contributed by atoms with Gasteiger partial charge in [-0.25, -0.2) is 0 Å². The molecule has 6 heteroatoms. The van der Waals surface area contributed by atoms with E-state index in [-0.39, 0.29) is 29.2 Å². The second kappa shape index (κ2) is 5.98. The summed E-state index contributed by atoms with van der Waals surface area (Å²) in [5, 5.41) is 29.9. The zero-order valence-electron chi connectivity index (χ0n) is 12.9. The van der Waals surface area contributed by atoms with E-state index in [0.29, 0.717) is 22.5 Å². The van der Waals surface area contributed by atoms with Crippen LogP contribution in [-0.2, 0) is 11.2 Å². The zero-order valence-corrected chi connectivity index (χ0v) is 12.9. The van der Waals surface area contributed by atoms with Crippen molar-refractivity contribution >= 4 is 22.5 Å². The molecular formula is C18H16O6. The van der Waals surface area contributed by atoms with Crippen LogP contribution in [0.25, 0.3) is 27.9 Å². The fourth-order valence-corrected chi connectivity index (χ4v) is 2.97. The molecule has 1 unspecified atom stereocenters. The SMILES string of the molecule is CC(O)=c1c(=O)cc2oc(CC(O)CC(=O)O)cc3cccc1c3-2. The van der Waals surface area contributed by atoms with E-state index in [9.17, 15) is 19.8 Å². The van der Waals surface area contributed by atoms with Crippen molar-refractivity contribution in [3.8, 4) is 11.3 Å². The van der Waals surface area contributed by atoms with E-state index in [0.717, 1.165) is 5.39 Å². The van der Waals surface area contributed by atoms with Crippen LogP contribution in [0.3, 0.4) is 0 Å². The van der Waals surface area contributed by atoms with Crippen LogP contribution in [0.1, 0.15) is 19.1 Å². The van der Waals surface area contributed by atoms with Crippen LogP contribution < -0.4 is 10.6 Å². The number of hydrogen-bond acceptors (Lipinski definition) is 5. The minimum absolute atomic E-state index is 0.0310. The predicted molar refractivity (Wildman–Crippen MR) is 88.0 cm³/mol. The van der Waals surface area contributed by atoms with Gasteiger partial charge in [0.15, 0.2) is 5.43 Å². The van der Waals surface area contributed by atoms with Crippen LogP contribution in [0.5, 0.6) is 0 Å². The Bertz CT molecular complexity index is 996. The van der Waals surface area contributed by atoms with Gasteiger partial charge in [-0.1, -0.05) is 18.2 Å². The third kappa shape index (κ3) is 2.83. The minimum Gasteiger partial charge on any atom is -0.512 e. The number of carboxylic acid groups (broad SMARTS) is 1. The van der Waals surface area contributed by atoms with E-state index in [4.69, 9.17) is 9.52 Å². The molecule has 0 aromatic heterocycles. The van der Waals surface area contributed by atoms with Gasteiger partial charge in [-0.2, -0.15) is 0 Å². The first-order valence-corrected chi connectivity index (χ1v) is 7.44. The highest BCUT2D eigenvalue weighted by Crippen LogP contribution is 2.31. The third-order valence-corrected chi connectivity index (χ3v) is 3.89. The molecule has 0 bridgehead atoms. The van der Waals surface area contributed by atoms with Crippen molar-refractivity contribution in [1.29, 1.82) is 0 Å². The number of rotatable bonds is 4. The quantitative estimate of drug-likeness (QED) is 0.672. The highest BCUT2D eigenvalue weighted by atomic mass is 16.4. The average molecular weight is 328 g/mol. The monoisotopic (exact) mass is 328 g/mol. The van der Waals surface area contributed by atoms with Gasteiger partial charge < -0.3 is 19.7 Å². The van der Waals surface area contributed by atoms with Crippen molar-refractivity contribution in [2.75, 3.05) is 0 Å². The molecule has 0 saturated carbocycles. The van der Waals surface area contributed by atoms with Crippen molar-refractivity contribution < 1.29 is 24.5 Å². The Labute approximate surface area is 136 Å². The molecule has 0 radical (unpaired) electrons. The van der Waals surface area contributed by atoms with Gasteiger partial charge in [0.25, 0.3) is 0 Å². The van der Waals surface area contributed by atoms with Gasteiger partial charge in [0.05, 0.1) is 17.7 Å². The van der Waals surface area contributed by atoms with Crippen molar-refractivity contribution in [1.82, 2.24) is 0 Å². The lowest BCUT2D eigenvalue weighted by Gasteiger charge is -2.14. The van der Waals surface area contributed by atoms with Gasteiger partial charge in [0.2, 0.25) is 0 Å². The number of carbonyl (C=O) groups is 1. The first kappa shape index (κ1) is 16.0. The first-order valence-electron chi connectivity index (χ1n) is 7.44. The normalized spacial score (nSPS) is 14.1. The van der Waals surface area contributed by atoms with Gasteiger partial charge in [-0.15, -0.1) is 0 Å². The molecule has 1 aliphatic carbocycles. The molecule has 1 aromatic rings. The predicted octanol–water partition coefficient (Wildman–Crippen LogP) is 1.68. The molecule has 6 nitrogen and oxygen atoms in total. The summed E-state index contributed by atoms with van der Waals surface area (Å²) in [6, 6.07) is 8.35. The van der Waals surface area contributed by atoms with E-state index in [1.165, 1.54) is 13.0 Å². The van der Waals surface area contributed by atoms with Crippen LogP contribution in [0.15, 0.2) is 39.5 Å². The van der Waals surface area contributed by atoms with Crippen LogP contribution in [0.4, 0.5) is 0 Å². The number of hydrogen-bond donors (Lipinski definition) is 3. The van der Waals surface area contributed by atoms with Crippen molar-refractivity contribution in [2.45, 2.75) is 25.9 Å². The van der Waals surface area contributed by atoms with Crippen molar-refractivity contribution in [2.24, 2.45) is 0 Å². The fourth-order valence-electron chi connectivity index (χ4n) is 2.97. The molecular weight excluding hydrogens is 312 g/mol. The van der Waals surface area contributed by atoms with Crippen molar-refractivity contribution in [3.05, 3.63) is 51.5 Å². The standard InChI is InChI=1S/C18H16O6/c1-9(19)17-13-4-2-3-10-5-12(6-11(20)7-16(22)23)24-15(18(10)13)8-14(17)21/h2-5,8,11,19-20H,6-7H2,1H3,(H,22,23). The molecule has 1 atom stereocenters. The Kier molecular flexibility index (Phi) is 3.99. The van der Waals surface area contributed by atoms with E-state index >= 15 is 0 Å². The van der Waals surface area contributed by atoms with Crippen molar-refractivity contribution in [3.63, 3.8) is 0 Å². The molecule has 0 amide bonds. The Morgan fingerprint density at radius 1 is 1.25 bits per heavy atom. The third-order valence-electron chi connectivity index (χ3n) is 3.89. The van der Waals surface area contributed by atoms with Gasteiger partial charge in [0, 0.05) is 23.4 Å². The molecule has 1 aromatic carbocycles. The summed E-state index contributed by atoms with van der Waals surface area (Å²) in [6.45, 7) is 1.46. The maximum atomic E-state index is 12.3. The van der Waals surface area contributed by atoms with E-state index in [1.807, 2.05) is 6.07 Å². The highest BCUT2D eigenvalue weighted by molar-refractivity contribution is 5.96. The molecule has 1 heterocycles. The van der Waals surface area contributed by atoms with Crippen LogP contribution in [0.2, 0.25) is 0 Å². The zero-order chi connectivity index (χ0) is 17.4. The average Bonchev–Trinajstić information content (AvgIpc) is 2.45. The summed E-state index contributed by atoms with van der Waals surface area (Å²) in [5.74, 6) is -0.423. The molecule has 3 rings (SSSR count). The van der Waals surface area contributed by atoms with Crippen LogP contribution >= 0.6 is 0 Å². The second-order valence-electron chi connectivity index (χ2n) is 5.77. The topological polar surface area (TPSA) is 108 Å². The van der Waals surface area contributed by atoms with Gasteiger partial charge in [-0.3, -0.25) is 9.59 Å². The maximum absolute atomic E-state index is 12.3. The van der Waals surface area contributed by atoms with E-state index in [1.54, 1.807) is 18.2 Å². The number of aliphatic hydroxyl groups is 2. The van der Waals surface area contributed by atoms with E-state index < -0.39 is 12.1 Å². The van der Waals surface area contributed by atoms with Crippen LogP contribution in [-0.4, -0.2) is 27.4 Å². The summed E-state index contributed by atoms with van der Waals surface area (Å²) in [4.78, 5) is 22.9. The molecule has 2 aliphatic rings. The highest BCUT2D eigenvalue weighted by Gasteiger charge is 2.19. The number of aliphatic carboxylic acids is 1. The first-order chi connectivity index (χ1) is 11.4. The minimum atomic E-state index is -1.10. The summed E-state index contributed by atoms with van der Waals surface area (Å²) in [6.07, 6.45) is -1.43. The number of aliphatic hydroxyl groups excluding tert-OH is 2. The van der Waals surface area contributed by atoms with Gasteiger partial charge >= 0.3 is 5.97 Å². The summed E-state index contributed by atoms with van der Waals surface area (Å²) in [7, 11) is 0. The van der Waals surface area contributed by atoms with E-state index in [2.05, 4.69) is 0 Å². The maximum Gasteiger partial charge on any atom is 0.305 e. The second-order valence-corrected chi connectivity index (χ2v) is 5.77. The lowest BCUT2D eigenvalue weighted by Crippen LogP contribution is -2.27. The van der Waals surface area contributed by atoms with Crippen LogP contribution in [0, 0.1) is 0 Å². The Balaban J connectivity index is 2.22. The number of carboxylic acids is 1. The summed E-state index contributed by atoms with van der Waals surface area (Å²) < 4.78 is 5.69. The van der Waals surface area contributed by atoms with Gasteiger partial charge in [-0.05, 0) is 18.4 Å². The smallest absolute Gasteiger partial charge is 0.305 e. The summed E-state index contributed by atoms with van der Waals surface area (Å²) >= 11 is 0. The Morgan fingerprint density at radius 2 is 2.00 bits per heavy atom. The molecule has 3 N–H and O–H groups in total. The molecule has 124 valence electrons. The molecule has 1 aliphatic heterocycles. The molecule has 0 fully saturated rings. The lowest BCUT2D eigenvalue weighted by molar-refractivity contribution is -0.139.